The molecule has 3 rings (SSSR count). The Morgan fingerprint density at radius 3 is 2.73 bits per heavy atom. The average molecular weight is 370 g/mol. The highest BCUT2D eigenvalue weighted by Crippen LogP contribution is 2.49. The van der Waals surface area contributed by atoms with Gasteiger partial charge in [0.05, 0.1) is 11.3 Å². The maximum atomic E-state index is 12.9. The predicted octanol–water partition coefficient (Wildman–Crippen LogP) is 6.58. The van der Waals surface area contributed by atoms with E-state index in [-0.39, 0.29) is 11.2 Å². The van der Waals surface area contributed by atoms with Gasteiger partial charge in [-0.15, -0.1) is 0 Å². The second-order valence-corrected chi connectivity index (χ2v) is 8.82. The monoisotopic (exact) mass is 369 g/mol. The molecule has 1 aromatic heterocycles. The second-order valence-electron chi connectivity index (χ2n) is 7.79. The van der Waals surface area contributed by atoms with Gasteiger partial charge in [-0.1, -0.05) is 45.9 Å². The Morgan fingerprint density at radius 2 is 2.04 bits per heavy atom. The Labute approximate surface area is 160 Å². The van der Waals surface area contributed by atoms with Gasteiger partial charge in [0.15, 0.2) is 5.78 Å². The molecule has 1 aliphatic heterocycles. The van der Waals surface area contributed by atoms with Crippen LogP contribution in [-0.2, 0) is 0 Å². The van der Waals surface area contributed by atoms with Crippen LogP contribution in [0, 0.1) is 5.41 Å². The minimum atomic E-state index is 0.0417. The number of hydrogen-bond acceptors (Lipinski definition) is 4. The fourth-order valence-corrected chi connectivity index (χ4v) is 4.51. The van der Waals surface area contributed by atoms with Gasteiger partial charge in [0.2, 0.25) is 0 Å². The smallest absolute Gasteiger partial charge is 0.188 e. The third-order valence-electron chi connectivity index (χ3n) is 4.61. The number of allylic oxidation sites excluding steroid dienone is 3. The van der Waals surface area contributed by atoms with Crippen molar-refractivity contribution in [2.45, 2.75) is 47.5 Å². The van der Waals surface area contributed by atoms with Gasteiger partial charge in [0.1, 0.15) is 5.58 Å². The van der Waals surface area contributed by atoms with Gasteiger partial charge in [0.25, 0.3) is 0 Å². The lowest BCUT2D eigenvalue weighted by Crippen LogP contribution is -2.19. The normalized spacial score (nSPS) is 17.0. The fraction of sp³-hybridized carbons (Fsp3) is 0.409. The van der Waals surface area contributed by atoms with Crippen molar-refractivity contribution >= 4 is 28.5 Å². The van der Waals surface area contributed by atoms with Gasteiger partial charge < -0.3 is 9.32 Å². The Bertz CT molecular complexity index is 883. The van der Waals surface area contributed by atoms with Gasteiger partial charge in [-0.3, -0.25) is 4.79 Å². The van der Waals surface area contributed by atoms with Crippen LogP contribution in [-0.4, -0.2) is 17.2 Å². The molecule has 138 valence electrons. The van der Waals surface area contributed by atoms with Crippen LogP contribution >= 0.6 is 11.8 Å². The molecule has 0 aliphatic carbocycles. The first-order valence-corrected chi connectivity index (χ1v) is 10.0. The topological polar surface area (TPSA) is 33.5 Å². The number of furan rings is 1. The standard InChI is InChI=1S/C22H27NO2S/c1-6-7-11-23-15(2)21(22(3,4)5)26-20(23)14-18(24)16-8-9-19-17(13-16)10-12-25-19/h8-10,12-14H,6-7,11H2,1-5H3. The number of carbonyl (C=O) groups excluding carboxylic acids is 1. The summed E-state index contributed by atoms with van der Waals surface area (Å²) in [4.78, 5) is 16.5. The molecule has 0 N–H and O–H groups in total. The minimum Gasteiger partial charge on any atom is -0.464 e. The van der Waals surface area contributed by atoms with E-state index in [1.165, 1.54) is 10.6 Å². The summed E-state index contributed by atoms with van der Waals surface area (Å²) in [6.45, 7) is 12.0. The molecule has 1 aromatic carbocycles. The Hall–Kier alpha value is -1.94. The molecule has 0 fully saturated rings. The second kappa shape index (κ2) is 7.36. The van der Waals surface area contributed by atoms with Crippen LogP contribution in [0.25, 0.3) is 11.0 Å². The van der Waals surface area contributed by atoms with E-state index < -0.39 is 0 Å². The van der Waals surface area contributed by atoms with Gasteiger partial charge in [-0.25, -0.2) is 0 Å². The summed E-state index contributed by atoms with van der Waals surface area (Å²) in [5, 5.41) is 2.00. The van der Waals surface area contributed by atoms with Crippen molar-refractivity contribution in [3.63, 3.8) is 0 Å². The maximum Gasteiger partial charge on any atom is 0.188 e. The van der Waals surface area contributed by atoms with Crippen LogP contribution in [0.1, 0.15) is 57.8 Å². The summed E-state index contributed by atoms with van der Waals surface area (Å²) in [6, 6.07) is 7.49. The first-order valence-electron chi connectivity index (χ1n) is 9.21. The zero-order valence-electron chi connectivity index (χ0n) is 16.3. The van der Waals surface area contributed by atoms with Crippen LogP contribution < -0.4 is 0 Å². The summed E-state index contributed by atoms with van der Waals surface area (Å²) < 4.78 is 5.37. The summed E-state index contributed by atoms with van der Waals surface area (Å²) in [5.41, 5.74) is 2.86. The van der Waals surface area contributed by atoms with Crippen LogP contribution in [0.2, 0.25) is 0 Å². The molecule has 0 bridgehead atoms. The molecular formula is C22H27NO2S. The molecule has 0 saturated heterocycles. The van der Waals surface area contributed by atoms with Crippen LogP contribution in [0.4, 0.5) is 0 Å². The van der Waals surface area contributed by atoms with Gasteiger partial charge in [0, 0.05) is 34.2 Å². The molecule has 2 aromatic rings. The molecule has 1 aliphatic rings. The Morgan fingerprint density at radius 1 is 1.27 bits per heavy atom. The van der Waals surface area contributed by atoms with Crippen LogP contribution in [0.3, 0.4) is 0 Å². The summed E-state index contributed by atoms with van der Waals surface area (Å²) >= 11 is 1.74. The largest absolute Gasteiger partial charge is 0.464 e. The van der Waals surface area contributed by atoms with Crippen LogP contribution in [0.15, 0.2) is 56.7 Å². The number of ketones is 1. The maximum absolute atomic E-state index is 12.9. The van der Waals surface area contributed by atoms with E-state index in [9.17, 15) is 4.79 Å². The van der Waals surface area contributed by atoms with E-state index in [0.717, 1.165) is 35.4 Å². The lowest BCUT2D eigenvalue weighted by Gasteiger charge is -2.22. The van der Waals surface area contributed by atoms with E-state index in [4.69, 9.17) is 4.42 Å². The van der Waals surface area contributed by atoms with Crippen molar-refractivity contribution in [3.8, 4) is 0 Å². The van der Waals surface area contributed by atoms with Crippen LogP contribution in [0.5, 0.6) is 0 Å². The first kappa shape index (κ1) is 18.8. The van der Waals surface area contributed by atoms with Crippen molar-refractivity contribution in [3.05, 3.63) is 57.8 Å². The van der Waals surface area contributed by atoms with E-state index in [0.29, 0.717) is 5.56 Å². The minimum absolute atomic E-state index is 0.0417. The number of unbranched alkanes of at least 4 members (excludes halogenated alkanes) is 1. The quantitative estimate of drug-likeness (QED) is 0.440. The van der Waals surface area contributed by atoms with Gasteiger partial charge in [-0.05, 0) is 43.0 Å². The summed E-state index contributed by atoms with van der Waals surface area (Å²) in [6.07, 6.45) is 5.70. The van der Waals surface area contributed by atoms with E-state index >= 15 is 0 Å². The van der Waals surface area contributed by atoms with Gasteiger partial charge in [-0.2, -0.15) is 0 Å². The molecular weight excluding hydrogens is 342 g/mol. The lowest BCUT2D eigenvalue weighted by molar-refractivity contribution is 0.104. The zero-order chi connectivity index (χ0) is 18.9. The highest BCUT2D eigenvalue weighted by Gasteiger charge is 2.32. The van der Waals surface area contributed by atoms with Crippen molar-refractivity contribution in [2.75, 3.05) is 6.54 Å². The Kier molecular flexibility index (Phi) is 5.33. The lowest BCUT2D eigenvalue weighted by atomic mass is 9.94. The van der Waals surface area contributed by atoms with Crippen molar-refractivity contribution in [1.29, 1.82) is 0 Å². The molecule has 0 spiro atoms. The van der Waals surface area contributed by atoms with Crippen molar-refractivity contribution in [1.82, 2.24) is 4.90 Å². The molecule has 0 radical (unpaired) electrons. The third kappa shape index (κ3) is 3.75. The number of benzene rings is 1. The van der Waals surface area contributed by atoms with E-state index in [1.54, 1.807) is 24.1 Å². The first-order chi connectivity index (χ1) is 12.3. The molecule has 26 heavy (non-hydrogen) atoms. The van der Waals surface area contributed by atoms with Gasteiger partial charge >= 0.3 is 0 Å². The molecule has 4 heteroatoms. The number of thioether (sulfide) groups is 1. The van der Waals surface area contributed by atoms with Crippen molar-refractivity contribution in [2.24, 2.45) is 5.41 Å². The SMILES string of the molecule is CCCCN1C(=CC(=O)c2ccc3occc3c2)SC(C(C)(C)C)=C1C. The molecule has 3 nitrogen and oxygen atoms in total. The zero-order valence-corrected chi connectivity index (χ0v) is 17.1. The Balaban J connectivity index is 1.91. The number of nitrogens with zero attached hydrogens (tertiary/aromatic N) is 1. The molecule has 0 unspecified atom stereocenters. The fourth-order valence-electron chi connectivity index (χ4n) is 3.23. The number of hydrogen-bond donors (Lipinski definition) is 0. The number of fused-ring (bicyclic) bond motifs is 1. The highest BCUT2D eigenvalue weighted by molar-refractivity contribution is 8.07. The summed E-state index contributed by atoms with van der Waals surface area (Å²) in [5.74, 6) is 0.0417. The third-order valence-corrected chi connectivity index (χ3v) is 6.27. The molecule has 0 amide bonds. The summed E-state index contributed by atoms with van der Waals surface area (Å²) in [7, 11) is 0. The molecule has 0 saturated carbocycles. The number of carbonyl (C=O) groups is 1. The highest BCUT2D eigenvalue weighted by atomic mass is 32.2. The van der Waals surface area contributed by atoms with E-state index in [1.807, 2.05) is 24.3 Å². The average Bonchev–Trinajstić information content (AvgIpc) is 3.16. The molecule has 0 atom stereocenters. The number of rotatable bonds is 5. The van der Waals surface area contributed by atoms with Crippen molar-refractivity contribution < 1.29 is 9.21 Å². The van der Waals surface area contributed by atoms with E-state index in [2.05, 4.69) is 39.5 Å². The molecule has 2 heterocycles. The predicted molar refractivity (Wildman–Crippen MR) is 110 cm³/mol.